The predicted molar refractivity (Wildman–Crippen MR) is 99.3 cm³/mol. The summed E-state index contributed by atoms with van der Waals surface area (Å²) >= 11 is 17.7. The van der Waals surface area contributed by atoms with Crippen molar-refractivity contribution in [1.82, 2.24) is 20.5 Å². The minimum Gasteiger partial charge on any atom is -0.352 e. The summed E-state index contributed by atoms with van der Waals surface area (Å²) in [6.07, 6.45) is 0.515. The molecule has 1 amide bonds. The maximum Gasteiger partial charge on any atom is 0.251 e. The molecule has 0 aliphatic carbocycles. The standard InChI is InChI=1S/C17H13Cl3N4O/c18-12-3-1-10(2-4-12)16-22-15(23-24-16)5-6-21-17(25)11-7-13(19)9-14(20)8-11/h1-4,7-9H,5-6H2,(H,21,25)(H,22,23,24). The average Bonchev–Trinajstić information content (AvgIpc) is 3.03. The Kier molecular flexibility index (Phi) is 5.58. The van der Waals surface area contributed by atoms with E-state index >= 15 is 0 Å². The molecule has 1 heterocycles. The van der Waals surface area contributed by atoms with Crippen LogP contribution in [0.5, 0.6) is 0 Å². The van der Waals surface area contributed by atoms with Crippen molar-refractivity contribution in [3.63, 3.8) is 0 Å². The van der Waals surface area contributed by atoms with Gasteiger partial charge in [0.2, 0.25) is 0 Å². The molecule has 1 aromatic heterocycles. The summed E-state index contributed by atoms with van der Waals surface area (Å²) in [5, 5.41) is 11.3. The van der Waals surface area contributed by atoms with Crippen LogP contribution in [-0.2, 0) is 6.42 Å². The quantitative estimate of drug-likeness (QED) is 0.672. The summed E-state index contributed by atoms with van der Waals surface area (Å²) in [5.41, 5.74) is 1.28. The highest BCUT2D eigenvalue weighted by atomic mass is 35.5. The molecule has 3 aromatic rings. The van der Waals surface area contributed by atoms with E-state index in [1.807, 2.05) is 12.1 Å². The molecule has 0 saturated heterocycles. The van der Waals surface area contributed by atoms with E-state index in [1.165, 1.54) is 0 Å². The maximum atomic E-state index is 12.1. The number of amides is 1. The molecule has 3 rings (SSSR count). The minimum atomic E-state index is -0.248. The number of nitrogens with one attached hydrogen (secondary N) is 2. The Morgan fingerprint density at radius 3 is 2.36 bits per heavy atom. The number of H-pyrrole nitrogens is 1. The Labute approximate surface area is 159 Å². The Balaban J connectivity index is 1.57. The fraction of sp³-hybridized carbons (Fsp3) is 0.118. The van der Waals surface area contributed by atoms with Crippen LogP contribution < -0.4 is 5.32 Å². The molecule has 0 bridgehead atoms. The lowest BCUT2D eigenvalue weighted by Crippen LogP contribution is -2.26. The molecule has 0 radical (unpaired) electrons. The van der Waals surface area contributed by atoms with Crippen molar-refractivity contribution in [3.05, 3.63) is 68.9 Å². The molecule has 0 unspecified atom stereocenters. The highest BCUT2D eigenvalue weighted by molar-refractivity contribution is 6.35. The van der Waals surface area contributed by atoms with Crippen molar-refractivity contribution in [2.45, 2.75) is 6.42 Å². The smallest absolute Gasteiger partial charge is 0.251 e. The summed E-state index contributed by atoms with van der Waals surface area (Å²) in [6.45, 7) is 0.401. The van der Waals surface area contributed by atoms with E-state index in [9.17, 15) is 4.79 Å². The summed E-state index contributed by atoms with van der Waals surface area (Å²) in [6, 6.07) is 12.0. The van der Waals surface area contributed by atoms with E-state index < -0.39 is 0 Å². The second-order valence-corrected chi connectivity index (χ2v) is 6.59. The van der Waals surface area contributed by atoms with Crippen LogP contribution in [0, 0.1) is 0 Å². The zero-order chi connectivity index (χ0) is 17.8. The van der Waals surface area contributed by atoms with E-state index in [1.54, 1.807) is 30.3 Å². The van der Waals surface area contributed by atoms with Crippen LogP contribution in [0.1, 0.15) is 16.2 Å². The first-order valence-corrected chi connectivity index (χ1v) is 8.56. The molecule has 0 aliphatic rings. The van der Waals surface area contributed by atoms with Crippen LogP contribution in [0.15, 0.2) is 42.5 Å². The Bertz CT molecular complexity index is 873. The summed E-state index contributed by atoms with van der Waals surface area (Å²) in [7, 11) is 0. The summed E-state index contributed by atoms with van der Waals surface area (Å²) in [5.74, 6) is 1.01. The lowest BCUT2D eigenvalue weighted by atomic mass is 10.2. The van der Waals surface area contributed by atoms with Crippen molar-refractivity contribution < 1.29 is 4.79 Å². The van der Waals surface area contributed by atoms with Crippen molar-refractivity contribution >= 4 is 40.7 Å². The fourth-order valence-corrected chi connectivity index (χ4v) is 2.87. The molecule has 2 aromatic carbocycles. The number of nitrogens with zero attached hydrogens (tertiary/aromatic N) is 2. The largest absolute Gasteiger partial charge is 0.352 e. The van der Waals surface area contributed by atoms with Gasteiger partial charge in [-0.05, 0) is 42.5 Å². The van der Waals surface area contributed by atoms with Gasteiger partial charge >= 0.3 is 0 Å². The molecule has 2 N–H and O–H groups in total. The number of aromatic nitrogens is 3. The number of carbonyl (C=O) groups excluding carboxylic acids is 1. The van der Waals surface area contributed by atoms with Crippen LogP contribution in [0.25, 0.3) is 11.4 Å². The third-order valence-corrected chi connectivity index (χ3v) is 4.09. The molecule has 8 heteroatoms. The van der Waals surface area contributed by atoms with Crippen LogP contribution in [-0.4, -0.2) is 27.6 Å². The normalized spacial score (nSPS) is 10.7. The van der Waals surface area contributed by atoms with E-state index in [2.05, 4.69) is 20.5 Å². The Hall–Kier alpha value is -2.08. The maximum absolute atomic E-state index is 12.1. The van der Waals surface area contributed by atoms with E-state index in [-0.39, 0.29) is 5.91 Å². The second kappa shape index (κ2) is 7.87. The first-order chi connectivity index (χ1) is 12.0. The topological polar surface area (TPSA) is 70.7 Å². The van der Waals surface area contributed by atoms with Gasteiger partial charge < -0.3 is 5.32 Å². The Morgan fingerprint density at radius 1 is 1.00 bits per heavy atom. The van der Waals surface area contributed by atoms with Gasteiger partial charge in [0.15, 0.2) is 5.82 Å². The molecule has 0 spiro atoms. The SMILES string of the molecule is O=C(NCCc1nc(-c2ccc(Cl)cc2)n[nH]1)c1cc(Cl)cc(Cl)c1. The lowest BCUT2D eigenvalue weighted by molar-refractivity contribution is 0.0954. The van der Waals surface area contributed by atoms with Gasteiger partial charge in [0.25, 0.3) is 5.91 Å². The van der Waals surface area contributed by atoms with Gasteiger partial charge in [-0.1, -0.05) is 34.8 Å². The van der Waals surface area contributed by atoms with Gasteiger partial charge in [-0.15, -0.1) is 0 Å². The third-order valence-electron chi connectivity index (χ3n) is 3.41. The zero-order valence-corrected chi connectivity index (χ0v) is 15.2. The van der Waals surface area contributed by atoms with Crippen molar-refractivity contribution in [2.75, 3.05) is 6.54 Å². The summed E-state index contributed by atoms with van der Waals surface area (Å²) in [4.78, 5) is 16.5. The van der Waals surface area contributed by atoms with Crippen molar-refractivity contribution in [3.8, 4) is 11.4 Å². The van der Waals surface area contributed by atoms with Gasteiger partial charge in [0.1, 0.15) is 5.82 Å². The van der Waals surface area contributed by atoms with E-state index in [4.69, 9.17) is 34.8 Å². The van der Waals surface area contributed by atoms with Crippen LogP contribution in [0.2, 0.25) is 15.1 Å². The zero-order valence-electron chi connectivity index (χ0n) is 12.9. The molecule has 0 aliphatic heterocycles. The molecule has 0 fully saturated rings. The molecule has 128 valence electrons. The number of benzene rings is 2. The number of halogens is 3. The van der Waals surface area contributed by atoms with Crippen LogP contribution in [0.3, 0.4) is 0 Å². The molecule has 25 heavy (non-hydrogen) atoms. The number of hydrogen-bond donors (Lipinski definition) is 2. The van der Waals surface area contributed by atoms with Crippen LogP contribution in [0.4, 0.5) is 0 Å². The monoisotopic (exact) mass is 394 g/mol. The van der Waals surface area contributed by atoms with Crippen LogP contribution >= 0.6 is 34.8 Å². The van der Waals surface area contributed by atoms with E-state index in [0.717, 1.165) is 5.56 Å². The molecule has 5 nitrogen and oxygen atoms in total. The number of aromatic amines is 1. The highest BCUT2D eigenvalue weighted by Crippen LogP contribution is 2.19. The number of carbonyl (C=O) groups is 1. The summed E-state index contributed by atoms with van der Waals surface area (Å²) < 4.78 is 0. The molecular weight excluding hydrogens is 383 g/mol. The molecule has 0 saturated carbocycles. The van der Waals surface area contributed by atoms with Gasteiger partial charge in [-0.2, -0.15) is 5.10 Å². The fourth-order valence-electron chi connectivity index (χ4n) is 2.22. The Morgan fingerprint density at radius 2 is 1.68 bits per heavy atom. The lowest BCUT2D eigenvalue weighted by Gasteiger charge is -2.05. The number of hydrogen-bond acceptors (Lipinski definition) is 3. The highest BCUT2D eigenvalue weighted by Gasteiger charge is 2.09. The van der Waals surface area contributed by atoms with Gasteiger partial charge in [-0.25, -0.2) is 4.98 Å². The first-order valence-electron chi connectivity index (χ1n) is 7.43. The minimum absolute atomic E-state index is 0.248. The third kappa shape index (κ3) is 4.72. The number of rotatable bonds is 5. The van der Waals surface area contributed by atoms with Crippen molar-refractivity contribution in [2.24, 2.45) is 0 Å². The van der Waals surface area contributed by atoms with Crippen molar-refractivity contribution in [1.29, 1.82) is 0 Å². The molecule has 0 atom stereocenters. The van der Waals surface area contributed by atoms with Gasteiger partial charge in [0.05, 0.1) is 0 Å². The van der Waals surface area contributed by atoms with E-state index in [0.29, 0.717) is 45.2 Å². The average molecular weight is 396 g/mol. The second-order valence-electron chi connectivity index (χ2n) is 5.28. The molecular formula is C17H13Cl3N4O. The van der Waals surface area contributed by atoms with Gasteiger partial charge in [-0.3, -0.25) is 9.89 Å². The predicted octanol–water partition coefficient (Wildman–Crippen LogP) is 4.40. The van der Waals surface area contributed by atoms with Gasteiger partial charge in [0, 0.05) is 39.2 Å². The first kappa shape index (κ1) is 17.7.